The quantitative estimate of drug-likeness (QED) is 0.483. The van der Waals surface area contributed by atoms with Crippen LogP contribution in [0.3, 0.4) is 0 Å². The fourth-order valence-electron chi connectivity index (χ4n) is 0.851. The Labute approximate surface area is 83.9 Å². The molecule has 0 aromatic carbocycles. The molecule has 0 aliphatic carbocycles. The molecule has 74 valence electrons. The van der Waals surface area contributed by atoms with Crippen LogP contribution in [0.1, 0.15) is 11.3 Å². The molecule has 0 fully saturated rings. The Hall–Kier alpha value is -1.21. The number of rotatable bonds is 0. The van der Waals surface area contributed by atoms with Crippen LogP contribution in [-0.2, 0) is 6.18 Å². The molecule has 1 nitrogen and oxygen atoms in total. The van der Waals surface area contributed by atoms with Crippen molar-refractivity contribution in [3.05, 3.63) is 29.6 Å². The van der Waals surface area contributed by atoms with Crippen molar-refractivity contribution in [1.82, 2.24) is 4.98 Å². The molecule has 0 saturated heterocycles. The standard InChI is InChI=1S/C9H5ClF3N/c10-5-1-4-8-7(9(11,12)13)3-2-6-14-8/h2-3,6H,5H2. The summed E-state index contributed by atoms with van der Waals surface area (Å²) in [6, 6.07) is 2.15. The topological polar surface area (TPSA) is 12.9 Å². The molecule has 1 rings (SSSR count). The van der Waals surface area contributed by atoms with Crippen LogP contribution in [0.5, 0.6) is 0 Å². The van der Waals surface area contributed by atoms with E-state index in [1.807, 2.05) is 0 Å². The Balaban J connectivity index is 3.16. The van der Waals surface area contributed by atoms with Crippen LogP contribution < -0.4 is 0 Å². The van der Waals surface area contributed by atoms with Crippen molar-refractivity contribution in [3.8, 4) is 11.8 Å². The van der Waals surface area contributed by atoms with Gasteiger partial charge < -0.3 is 0 Å². The summed E-state index contributed by atoms with van der Waals surface area (Å²) in [5, 5.41) is 0. The van der Waals surface area contributed by atoms with E-state index in [4.69, 9.17) is 11.6 Å². The summed E-state index contributed by atoms with van der Waals surface area (Å²) in [5.41, 5.74) is -1.13. The van der Waals surface area contributed by atoms with Gasteiger partial charge in [0, 0.05) is 6.20 Å². The molecule has 1 aromatic heterocycles. The summed E-state index contributed by atoms with van der Waals surface area (Å²) in [7, 11) is 0. The molecule has 0 amide bonds. The fourth-order valence-corrected chi connectivity index (χ4v) is 0.918. The summed E-state index contributed by atoms with van der Waals surface area (Å²) in [5.74, 6) is 4.57. The van der Waals surface area contributed by atoms with E-state index in [1.165, 1.54) is 12.3 Å². The van der Waals surface area contributed by atoms with Gasteiger partial charge in [-0.05, 0) is 18.1 Å². The van der Waals surface area contributed by atoms with Crippen molar-refractivity contribution in [3.63, 3.8) is 0 Å². The van der Waals surface area contributed by atoms with Crippen molar-refractivity contribution in [2.45, 2.75) is 6.18 Å². The second kappa shape index (κ2) is 4.34. The highest BCUT2D eigenvalue weighted by Crippen LogP contribution is 2.30. The minimum absolute atomic E-state index is 0.0200. The highest BCUT2D eigenvalue weighted by Gasteiger charge is 2.33. The SMILES string of the molecule is FC(F)(F)c1cccnc1C#CCCl. The van der Waals surface area contributed by atoms with Crippen molar-refractivity contribution >= 4 is 11.6 Å². The molecule has 0 N–H and O–H groups in total. The van der Waals surface area contributed by atoms with E-state index in [0.29, 0.717) is 0 Å². The van der Waals surface area contributed by atoms with Gasteiger partial charge in [0.25, 0.3) is 0 Å². The minimum atomic E-state index is -4.43. The normalized spacial score (nSPS) is 10.6. The molecule has 0 bridgehead atoms. The third kappa shape index (κ3) is 2.64. The van der Waals surface area contributed by atoms with Crippen LogP contribution in [0.25, 0.3) is 0 Å². The number of hydrogen-bond donors (Lipinski definition) is 0. The molecule has 0 unspecified atom stereocenters. The van der Waals surface area contributed by atoms with Gasteiger partial charge in [0.15, 0.2) is 0 Å². The molecule has 14 heavy (non-hydrogen) atoms. The van der Waals surface area contributed by atoms with Gasteiger partial charge in [-0.25, -0.2) is 4.98 Å². The van der Waals surface area contributed by atoms with Gasteiger partial charge in [-0.1, -0.05) is 5.92 Å². The van der Waals surface area contributed by atoms with Crippen molar-refractivity contribution in [1.29, 1.82) is 0 Å². The van der Waals surface area contributed by atoms with Crippen molar-refractivity contribution in [2.75, 3.05) is 5.88 Å². The van der Waals surface area contributed by atoms with E-state index >= 15 is 0 Å². The number of alkyl halides is 4. The second-order valence-electron chi connectivity index (χ2n) is 2.33. The predicted octanol–water partition coefficient (Wildman–Crippen LogP) is 2.69. The van der Waals surface area contributed by atoms with Gasteiger partial charge in [0.1, 0.15) is 5.69 Å². The summed E-state index contributed by atoms with van der Waals surface area (Å²) in [6.45, 7) is 0. The van der Waals surface area contributed by atoms with Crippen LogP contribution in [0.4, 0.5) is 13.2 Å². The zero-order chi connectivity index (χ0) is 10.6. The molecule has 0 saturated carbocycles. The Bertz CT molecular complexity index is 376. The molecule has 5 heteroatoms. The Morgan fingerprint density at radius 2 is 2.14 bits per heavy atom. The molecule has 0 radical (unpaired) electrons. The van der Waals surface area contributed by atoms with Crippen LogP contribution in [0.2, 0.25) is 0 Å². The third-order valence-electron chi connectivity index (χ3n) is 1.39. The smallest absolute Gasteiger partial charge is 0.247 e. The lowest BCUT2D eigenvalue weighted by Crippen LogP contribution is -2.08. The zero-order valence-corrected chi connectivity index (χ0v) is 7.65. The number of halogens is 4. The Kier molecular flexibility index (Phi) is 3.37. The number of hydrogen-bond acceptors (Lipinski definition) is 1. The van der Waals surface area contributed by atoms with E-state index in [9.17, 15) is 13.2 Å². The lowest BCUT2D eigenvalue weighted by Gasteiger charge is -2.06. The molecule has 0 atom stereocenters. The van der Waals surface area contributed by atoms with Gasteiger partial charge in [0.05, 0.1) is 11.4 Å². The first-order valence-corrected chi connectivity index (χ1v) is 4.16. The highest BCUT2D eigenvalue weighted by atomic mass is 35.5. The maximum atomic E-state index is 12.3. The van der Waals surface area contributed by atoms with Gasteiger partial charge in [-0.2, -0.15) is 13.2 Å². The fraction of sp³-hybridized carbons (Fsp3) is 0.222. The third-order valence-corrected chi connectivity index (χ3v) is 1.52. The van der Waals surface area contributed by atoms with Crippen LogP contribution >= 0.6 is 11.6 Å². The Morgan fingerprint density at radius 3 is 2.71 bits per heavy atom. The van der Waals surface area contributed by atoms with Crippen LogP contribution in [0, 0.1) is 11.8 Å². The number of aromatic nitrogens is 1. The zero-order valence-electron chi connectivity index (χ0n) is 6.90. The molecule has 0 spiro atoms. The average Bonchev–Trinajstić information content (AvgIpc) is 2.14. The summed E-state index contributed by atoms with van der Waals surface area (Å²) in [4.78, 5) is 3.53. The molecular formula is C9H5ClF3N. The lowest BCUT2D eigenvalue weighted by atomic mass is 10.2. The maximum Gasteiger partial charge on any atom is 0.419 e. The molecular weight excluding hydrogens is 215 g/mol. The van der Waals surface area contributed by atoms with E-state index in [-0.39, 0.29) is 11.6 Å². The summed E-state index contributed by atoms with van der Waals surface area (Å²) < 4.78 is 37.0. The van der Waals surface area contributed by atoms with Crippen LogP contribution in [0.15, 0.2) is 18.3 Å². The van der Waals surface area contributed by atoms with Crippen molar-refractivity contribution in [2.24, 2.45) is 0 Å². The maximum absolute atomic E-state index is 12.3. The molecule has 1 aromatic rings. The number of nitrogens with zero attached hydrogens (tertiary/aromatic N) is 1. The first-order valence-electron chi connectivity index (χ1n) is 3.62. The Morgan fingerprint density at radius 1 is 1.43 bits per heavy atom. The molecule has 0 aliphatic heterocycles. The lowest BCUT2D eigenvalue weighted by molar-refractivity contribution is -0.138. The largest absolute Gasteiger partial charge is 0.419 e. The van der Waals surface area contributed by atoms with Gasteiger partial charge in [0.2, 0.25) is 0 Å². The van der Waals surface area contributed by atoms with Crippen LogP contribution in [-0.4, -0.2) is 10.9 Å². The molecule has 1 heterocycles. The van der Waals surface area contributed by atoms with Crippen molar-refractivity contribution < 1.29 is 13.2 Å². The first kappa shape index (κ1) is 10.9. The number of pyridine rings is 1. The monoisotopic (exact) mass is 219 g/mol. The van der Waals surface area contributed by atoms with Gasteiger partial charge in [-0.15, -0.1) is 11.6 Å². The van der Waals surface area contributed by atoms with Gasteiger partial charge in [-0.3, -0.25) is 0 Å². The second-order valence-corrected chi connectivity index (χ2v) is 2.60. The predicted molar refractivity (Wildman–Crippen MR) is 46.8 cm³/mol. The average molecular weight is 220 g/mol. The van der Waals surface area contributed by atoms with E-state index in [0.717, 1.165) is 6.07 Å². The van der Waals surface area contributed by atoms with E-state index in [1.54, 1.807) is 0 Å². The van der Waals surface area contributed by atoms with E-state index < -0.39 is 11.7 Å². The van der Waals surface area contributed by atoms with E-state index in [2.05, 4.69) is 16.8 Å². The minimum Gasteiger partial charge on any atom is -0.247 e. The summed E-state index contributed by atoms with van der Waals surface area (Å²) in [6.07, 6.45) is -3.17. The highest BCUT2D eigenvalue weighted by molar-refractivity contribution is 6.19. The van der Waals surface area contributed by atoms with Gasteiger partial charge >= 0.3 is 6.18 Å². The molecule has 0 aliphatic rings. The summed E-state index contributed by atoms with van der Waals surface area (Å²) >= 11 is 5.24. The first-order chi connectivity index (χ1) is 6.55.